The van der Waals surface area contributed by atoms with Gasteiger partial charge in [-0.25, -0.2) is 4.79 Å². The van der Waals surface area contributed by atoms with Crippen molar-refractivity contribution in [3.05, 3.63) is 30.5 Å². The Hall–Kier alpha value is -2.91. The van der Waals surface area contributed by atoms with Crippen LogP contribution in [0.4, 0.5) is 29.5 Å². The zero-order chi connectivity index (χ0) is 19.8. The molecule has 1 aromatic heterocycles. The molecule has 10 heteroatoms. The summed E-state index contributed by atoms with van der Waals surface area (Å²) in [7, 11) is 0. The molecule has 2 heterocycles. The van der Waals surface area contributed by atoms with Crippen molar-refractivity contribution in [3.8, 4) is 11.5 Å². The lowest BCUT2D eigenvalue weighted by atomic mass is 9.94. The summed E-state index contributed by atoms with van der Waals surface area (Å²) in [6.07, 6.45) is 1.67. The minimum Gasteiger partial charge on any atom is -0.448 e. The van der Waals surface area contributed by atoms with Gasteiger partial charge in [0, 0.05) is 36.9 Å². The van der Waals surface area contributed by atoms with Gasteiger partial charge in [-0.1, -0.05) is 6.42 Å². The lowest BCUT2D eigenvalue weighted by Crippen LogP contribution is -2.40. The van der Waals surface area contributed by atoms with Crippen LogP contribution >= 0.6 is 0 Å². The van der Waals surface area contributed by atoms with Crippen LogP contribution in [0.25, 0.3) is 0 Å². The molecule has 1 aliphatic heterocycles. The lowest BCUT2D eigenvalue weighted by Gasteiger charge is -2.31. The fourth-order valence-corrected chi connectivity index (χ4v) is 3.44. The number of rotatable bonds is 3. The fourth-order valence-electron chi connectivity index (χ4n) is 3.44. The maximum atomic E-state index is 12.4. The Morgan fingerprint density at radius 1 is 1.11 bits per heavy atom. The van der Waals surface area contributed by atoms with Gasteiger partial charge in [0.15, 0.2) is 17.3 Å². The Bertz CT molecular complexity index is 875. The maximum absolute atomic E-state index is 12.4. The molecule has 0 radical (unpaired) electrons. The van der Waals surface area contributed by atoms with Crippen molar-refractivity contribution in [2.75, 3.05) is 10.6 Å². The van der Waals surface area contributed by atoms with Gasteiger partial charge >= 0.3 is 12.2 Å². The Labute approximate surface area is 158 Å². The van der Waals surface area contributed by atoms with Crippen LogP contribution in [0.15, 0.2) is 30.5 Å². The van der Waals surface area contributed by atoms with Gasteiger partial charge in [-0.05, 0) is 25.0 Å². The molecule has 28 heavy (non-hydrogen) atoms. The number of nitrogens with one attached hydrogen (secondary N) is 2. The first kappa shape index (κ1) is 18.5. The van der Waals surface area contributed by atoms with E-state index in [1.165, 1.54) is 6.07 Å². The van der Waals surface area contributed by atoms with Crippen molar-refractivity contribution in [3.63, 3.8) is 0 Å². The monoisotopic (exact) mass is 396 g/mol. The third-order valence-corrected chi connectivity index (χ3v) is 4.63. The van der Waals surface area contributed by atoms with E-state index in [9.17, 15) is 18.0 Å². The minimum absolute atomic E-state index is 0.0173. The van der Waals surface area contributed by atoms with Crippen LogP contribution in [-0.2, 0) is 6.54 Å². The van der Waals surface area contributed by atoms with Crippen molar-refractivity contribution in [1.82, 2.24) is 9.78 Å². The Balaban J connectivity index is 1.37. The molecule has 4 rings (SSSR count). The predicted octanol–water partition coefficient (Wildman–Crippen LogP) is 4.52. The van der Waals surface area contributed by atoms with Gasteiger partial charge in [0.25, 0.3) is 5.79 Å². The van der Waals surface area contributed by atoms with E-state index in [1.807, 2.05) is 0 Å². The first-order valence-corrected chi connectivity index (χ1v) is 9.01. The molecule has 2 amide bonds. The van der Waals surface area contributed by atoms with E-state index in [4.69, 9.17) is 9.47 Å². The largest absolute Gasteiger partial charge is 0.448 e. The number of hydrogen-bond acceptors (Lipinski definition) is 4. The third-order valence-electron chi connectivity index (χ3n) is 4.63. The number of halogens is 3. The number of hydrogen-bond donors (Lipinski definition) is 2. The second-order valence-corrected chi connectivity index (χ2v) is 6.93. The summed E-state index contributed by atoms with van der Waals surface area (Å²) in [5.74, 6) is 0.615. The zero-order valence-electron chi connectivity index (χ0n) is 14.9. The molecule has 7 nitrogen and oxygen atoms in total. The predicted molar refractivity (Wildman–Crippen MR) is 94.4 cm³/mol. The van der Waals surface area contributed by atoms with Crippen molar-refractivity contribution in [1.29, 1.82) is 0 Å². The van der Waals surface area contributed by atoms with E-state index in [-0.39, 0.29) is 5.82 Å². The fraction of sp³-hybridized carbons (Fsp3) is 0.444. The molecular weight excluding hydrogens is 377 g/mol. The van der Waals surface area contributed by atoms with E-state index in [2.05, 4.69) is 15.7 Å². The average molecular weight is 396 g/mol. The zero-order valence-corrected chi connectivity index (χ0v) is 14.9. The normalized spacial score (nSPS) is 17.5. The molecule has 1 aromatic carbocycles. The summed E-state index contributed by atoms with van der Waals surface area (Å²) < 4.78 is 49.8. The first-order chi connectivity index (χ1) is 13.3. The van der Waals surface area contributed by atoms with E-state index in [0.717, 1.165) is 38.3 Å². The van der Waals surface area contributed by atoms with Crippen molar-refractivity contribution in [2.24, 2.45) is 0 Å². The molecule has 0 bridgehead atoms. The maximum Gasteiger partial charge on any atom is 0.408 e. The van der Waals surface area contributed by atoms with Gasteiger partial charge in [0.2, 0.25) is 0 Å². The van der Waals surface area contributed by atoms with E-state index in [1.54, 1.807) is 18.2 Å². The van der Waals surface area contributed by atoms with Gasteiger partial charge < -0.3 is 14.8 Å². The van der Waals surface area contributed by atoms with Crippen LogP contribution in [0.1, 0.15) is 32.1 Å². The second-order valence-electron chi connectivity index (χ2n) is 6.93. The quantitative estimate of drug-likeness (QED) is 0.800. The molecule has 2 N–H and O–H groups in total. The van der Waals surface area contributed by atoms with Crippen molar-refractivity contribution in [2.45, 2.75) is 50.6 Å². The van der Waals surface area contributed by atoms with Crippen LogP contribution < -0.4 is 20.1 Å². The number of anilines is 2. The summed E-state index contributed by atoms with van der Waals surface area (Å²) >= 11 is 0. The number of benzene rings is 1. The SMILES string of the molecule is O=C(Nc1ccc2c(c1)OC1(CCCCC1)O2)Nc1ccn(CC(F)(F)F)n1. The van der Waals surface area contributed by atoms with Crippen LogP contribution in [0, 0.1) is 0 Å². The van der Waals surface area contributed by atoms with E-state index >= 15 is 0 Å². The number of amides is 2. The minimum atomic E-state index is -4.38. The Morgan fingerprint density at radius 3 is 2.61 bits per heavy atom. The Kier molecular flexibility index (Phi) is 4.56. The second kappa shape index (κ2) is 6.92. The van der Waals surface area contributed by atoms with Crippen LogP contribution in [0.2, 0.25) is 0 Å². The number of urea groups is 1. The third kappa shape index (κ3) is 4.15. The van der Waals surface area contributed by atoms with E-state index in [0.29, 0.717) is 21.9 Å². The summed E-state index contributed by atoms with van der Waals surface area (Å²) in [4.78, 5) is 12.1. The molecule has 150 valence electrons. The number of ether oxygens (including phenoxy) is 2. The lowest BCUT2D eigenvalue weighted by molar-refractivity contribution is -0.142. The number of carbonyl (C=O) groups excluding carboxylic acids is 1. The standard InChI is InChI=1S/C18H19F3N4O3/c19-18(20,21)11-25-9-6-15(24-25)23-16(26)22-12-4-5-13-14(10-12)28-17(27-13)7-2-1-3-8-17/h4-6,9-10H,1-3,7-8,11H2,(H2,22,23,24,26). The van der Waals surface area contributed by atoms with Crippen LogP contribution in [0.5, 0.6) is 11.5 Å². The van der Waals surface area contributed by atoms with Crippen LogP contribution in [-0.4, -0.2) is 27.8 Å². The number of aromatic nitrogens is 2. The molecule has 0 saturated heterocycles. The number of fused-ring (bicyclic) bond motifs is 1. The molecule has 1 spiro atoms. The average Bonchev–Trinajstić information content (AvgIpc) is 3.17. The molecule has 2 aromatic rings. The first-order valence-electron chi connectivity index (χ1n) is 9.01. The summed E-state index contributed by atoms with van der Waals surface area (Å²) in [5.41, 5.74) is 0.474. The highest BCUT2D eigenvalue weighted by atomic mass is 19.4. The molecule has 1 saturated carbocycles. The molecule has 0 unspecified atom stereocenters. The molecule has 1 aliphatic carbocycles. The summed E-state index contributed by atoms with van der Waals surface area (Å²) in [6, 6.07) is 5.74. The molecule has 1 fully saturated rings. The smallest absolute Gasteiger partial charge is 0.408 e. The Morgan fingerprint density at radius 2 is 1.86 bits per heavy atom. The summed E-state index contributed by atoms with van der Waals surface area (Å²) in [5, 5.41) is 8.68. The number of carbonyl (C=O) groups is 1. The van der Waals surface area contributed by atoms with Gasteiger partial charge in [-0.15, -0.1) is 0 Å². The highest BCUT2D eigenvalue weighted by molar-refractivity contribution is 5.99. The van der Waals surface area contributed by atoms with Crippen molar-refractivity contribution >= 4 is 17.5 Å². The van der Waals surface area contributed by atoms with Gasteiger partial charge in [0.05, 0.1) is 0 Å². The highest BCUT2D eigenvalue weighted by Gasteiger charge is 2.42. The van der Waals surface area contributed by atoms with Gasteiger partial charge in [-0.3, -0.25) is 10.00 Å². The molecule has 2 aliphatic rings. The number of nitrogens with zero attached hydrogens (tertiary/aromatic N) is 2. The van der Waals surface area contributed by atoms with Gasteiger partial charge in [0.1, 0.15) is 6.54 Å². The van der Waals surface area contributed by atoms with Gasteiger partial charge in [-0.2, -0.15) is 18.3 Å². The van der Waals surface area contributed by atoms with Crippen molar-refractivity contribution < 1.29 is 27.4 Å². The van der Waals surface area contributed by atoms with Crippen LogP contribution in [0.3, 0.4) is 0 Å². The summed E-state index contributed by atoms with van der Waals surface area (Å²) in [6.45, 7) is -1.22. The van der Waals surface area contributed by atoms with E-state index < -0.39 is 24.5 Å². The molecular formula is C18H19F3N4O3. The molecule has 0 atom stereocenters. The highest BCUT2D eigenvalue weighted by Crippen LogP contribution is 2.46. The number of alkyl halides is 3. The topological polar surface area (TPSA) is 77.4 Å².